The number of pyridine rings is 1. The number of carbonyl (C=O) groups is 2. The molecule has 0 aliphatic heterocycles. The van der Waals surface area contributed by atoms with Gasteiger partial charge in [0.25, 0.3) is 11.8 Å². The molecule has 3 N–H and O–H groups in total. The minimum Gasteiger partial charge on any atom is -0.366 e. The smallest absolute Gasteiger partial charge is 0.275 e. The van der Waals surface area contributed by atoms with Gasteiger partial charge in [-0.3, -0.25) is 14.0 Å². The van der Waals surface area contributed by atoms with Crippen LogP contribution in [0.5, 0.6) is 0 Å². The molecule has 0 bridgehead atoms. The van der Waals surface area contributed by atoms with Crippen molar-refractivity contribution >= 4 is 49.7 Å². The molecular weight excluding hydrogens is 392 g/mol. The van der Waals surface area contributed by atoms with E-state index in [0.717, 1.165) is 9.35 Å². The van der Waals surface area contributed by atoms with Crippen LogP contribution in [0, 0.1) is 6.92 Å². The summed E-state index contributed by atoms with van der Waals surface area (Å²) in [6.07, 6.45) is 2.42. The lowest BCUT2D eigenvalue weighted by Crippen LogP contribution is -2.19. The van der Waals surface area contributed by atoms with Gasteiger partial charge in [-0.05, 0) is 47.5 Å². The number of nitrogens with zero attached hydrogens (tertiary/aromatic N) is 2. The number of nitrogens with one attached hydrogen (secondary N) is 1. The number of nitrogens with two attached hydrogens (primary N) is 1. The highest BCUT2D eigenvalue weighted by molar-refractivity contribution is 9.10. The summed E-state index contributed by atoms with van der Waals surface area (Å²) in [5, 5.41) is 3.26. The van der Waals surface area contributed by atoms with Gasteiger partial charge in [-0.1, -0.05) is 6.92 Å². The monoisotopic (exact) mass is 406 g/mol. The molecule has 124 valence electrons. The van der Waals surface area contributed by atoms with Crippen molar-refractivity contribution in [3.63, 3.8) is 0 Å². The number of hydrogen-bond acceptors (Lipinski definition) is 4. The van der Waals surface area contributed by atoms with E-state index in [4.69, 9.17) is 5.73 Å². The third-order valence-corrected chi connectivity index (χ3v) is 4.99. The van der Waals surface area contributed by atoms with E-state index in [1.807, 2.05) is 26.0 Å². The first-order valence-electron chi connectivity index (χ1n) is 7.28. The molecule has 3 aromatic rings. The predicted octanol–water partition coefficient (Wildman–Crippen LogP) is 3.38. The van der Waals surface area contributed by atoms with Crippen molar-refractivity contribution in [3.8, 4) is 0 Å². The molecule has 3 rings (SSSR count). The van der Waals surface area contributed by atoms with Crippen molar-refractivity contribution in [2.75, 3.05) is 5.32 Å². The number of imidazole rings is 1. The van der Waals surface area contributed by atoms with Crippen LogP contribution in [0.3, 0.4) is 0 Å². The Kier molecular flexibility index (Phi) is 4.42. The van der Waals surface area contributed by atoms with E-state index in [1.54, 1.807) is 16.7 Å². The Morgan fingerprint density at radius 3 is 2.83 bits per heavy atom. The Balaban J connectivity index is 2.06. The normalized spacial score (nSPS) is 11.0. The summed E-state index contributed by atoms with van der Waals surface area (Å²) in [6, 6.07) is 5.38. The second-order valence-electron chi connectivity index (χ2n) is 5.25. The predicted molar refractivity (Wildman–Crippen MR) is 97.8 cm³/mol. The van der Waals surface area contributed by atoms with Crippen LogP contribution in [0.1, 0.15) is 38.3 Å². The highest BCUT2D eigenvalue weighted by Crippen LogP contribution is 2.28. The molecule has 6 nitrogen and oxygen atoms in total. The van der Waals surface area contributed by atoms with E-state index in [-0.39, 0.29) is 5.91 Å². The average molecular weight is 407 g/mol. The fourth-order valence-corrected chi connectivity index (χ4v) is 3.76. The summed E-state index contributed by atoms with van der Waals surface area (Å²) in [6.45, 7) is 3.80. The summed E-state index contributed by atoms with van der Waals surface area (Å²) in [7, 11) is 0. The molecule has 0 aromatic carbocycles. The maximum absolute atomic E-state index is 12.8. The van der Waals surface area contributed by atoms with Gasteiger partial charge in [0.1, 0.15) is 16.3 Å². The van der Waals surface area contributed by atoms with Crippen LogP contribution in [-0.2, 0) is 6.42 Å². The Labute approximate surface area is 150 Å². The number of fused-ring (bicyclic) bond motifs is 1. The molecule has 0 unspecified atom stereocenters. The van der Waals surface area contributed by atoms with Gasteiger partial charge in [0.15, 0.2) is 0 Å². The van der Waals surface area contributed by atoms with Gasteiger partial charge in [0.05, 0.1) is 11.3 Å². The second-order valence-corrected chi connectivity index (χ2v) is 7.43. The molecule has 0 fully saturated rings. The lowest BCUT2D eigenvalue weighted by molar-refractivity contribution is 0.100. The molecule has 24 heavy (non-hydrogen) atoms. The first-order valence-corrected chi connectivity index (χ1v) is 8.89. The molecular formula is C16H15BrN4O2S. The molecule has 3 heterocycles. The highest BCUT2D eigenvalue weighted by Gasteiger charge is 2.21. The number of aryl methyl sites for hydroxylation is 2. The van der Waals surface area contributed by atoms with Gasteiger partial charge < -0.3 is 11.1 Å². The number of hydrogen-bond donors (Lipinski definition) is 2. The third-order valence-electron chi connectivity index (χ3n) is 3.55. The number of aromatic nitrogens is 2. The molecule has 0 radical (unpaired) electrons. The Morgan fingerprint density at radius 2 is 2.17 bits per heavy atom. The van der Waals surface area contributed by atoms with E-state index in [1.165, 1.54) is 11.3 Å². The van der Waals surface area contributed by atoms with E-state index >= 15 is 0 Å². The van der Waals surface area contributed by atoms with Crippen molar-refractivity contribution in [1.29, 1.82) is 0 Å². The minimum atomic E-state index is -0.564. The standard InChI is InChI=1S/C16H15BrN4O2S/c1-3-11-13(21-7-9(17)4-5-12(21)19-11)15(23)20-16-10(14(18)22)6-8(2)24-16/h4-7H,3H2,1-2H3,(H2,18,22)(H,20,23). The van der Waals surface area contributed by atoms with Crippen LogP contribution >= 0.6 is 27.3 Å². The van der Waals surface area contributed by atoms with Crippen molar-refractivity contribution in [2.24, 2.45) is 5.73 Å². The number of anilines is 1. The molecule has 0 aliphatic carbocycles. The number of thiophene rings is 1. The van der Waals surface area contributed by atoms with Gasteiger partial charge in [0, 0.05) is 15.5 Å². The maximum Gasteiger partial charge on any atom is 0.275 e. The summed E-state index contributed by atoms with van der Waals surface area (Å²) >= 11 is 4.73. The zero-order valence-electron chi connectivity index (χ0n) is 13.1. The van der Waals surface area contributed by atoms with E-state index in [0.29, 0.717) is 34.0 Å². The van der Waals surface area contributed by atoms with Crippen LogP contribution in [0.15, 0.2) is 28.9 Å². The van der Waals surface area contributed by atoms with E-state index in [2.05, 4.69) is 26.2 Å². The van der Waals surface area contributed by atoms with Crippen molar-refractivity contribution in [3.05, 3.63) is 50.7 Å². The molecule has 3 aromatic heterocycles. The van der Waals surface area contributed by atoms with E-state index < -0.39 is 5.91 Å². The van der Waals surface area contributed by atoms with Gasteiger partial charge >= 0.3 is 0 Å². The molecule has 8 heteroatoms. The topological polar surface area (TPSA) is 89.5 Å². The summed E-state index contributed by atoms with van der Waals surface area (Å²) in [5.41, 5.74) is 7.54. The van der Waals surface area contributed by atoms with Crippen LogP contribution in [0.25, 0.3) is 5.65 Å². The number of rotatable bonds is 4. The second kappa shape index (κ2) is 6.37. The van der Waals surface area contributed by atoms with Crippen LogP contribution in [-0.4, -0.2) is 21.2 Å². The third kappa shape index (κ3) is 2.94. The average Bonchev–Trinajstić information content (AvgIpc) is 3.06. The number of carbonyl (C=O) groups excluding carboxylic acids is 2. The molecule has 0 spiro atoms. The summed E-state index contributed by atoms with van der Waals surface area (Å²) in [4.78, 5) is 29.8. The highest BCUT2D eigenvalue weighted by atomic mass is 79.9. The van der Waals surface area contributed by atoms with Crippen LogP contribution in [0.4, 0.5) is 5.00 Å². The van der Waals surface area contributed by atoms with Gasteiger partial charge in [-0.15, -0.1) is 11.3 Å². The van der Waals surface area contributed by atoms with Crippen molar-refractivity contribution in [2.45, 2.75) is 20.3 Å². The van der Waals surface area contributed by atoms with Crippen LogP contribution in [0.2, 0.25) is 0 Å². The lowest BCUT2D eigenvalue weighted by atomic mass is 10.2. The maximum atomic E-state index is 12.8. The number of halogens is 1. The fourth-order valence-electron chi connectivity index (χ4n) is 2.51. The number of primary amides is 1. The molecule has 0 aliphatic rings. The van der Waals surface area contributed by atoms with Crippen molar-refractivity contribution in [1.82, 2.24) is 9.38 Å². The zero-order chi connectivity index (χ0) is 17.4. The SMILES string of the molecule is CCc1nc2ccc(Br)cn2c1C(=O)Nc1sc(C)cc1C(N)=O. The first kappa shape index (κ1) is 16.7. The Bertz CT molecular complexity index is 961. The summed E-state index contributed by atoms with van der Waals surface area (Å²) in [5.74, 6) is -0.881. The lowest BCUT2D eigenvalue weighted by Gasteiger charge is -2.06. The van der Waals surface area contributed by atoms with Crippen molar-refractivity contribution < 1.29 is 9.59 Å². The molecule has 0 saturated carbocycles. The zero-order valence-corrected chi connectivity index (χ0v) is 15.5. The van der Waals surface area contributed by atoms with Crippen LogP contribution < -0.4 is 11.1 Å². The quantitative estimate of drug-likeness (QED) is 0.695. The minimum absolute atomic E-state index is 0.318. The fraction of sp³-hybridized carbons (Fsp3) is 0.188. The van der Waals surface area contributed by atoms with Gasteiger partial charge in [-0.25, -0.2) is 4.98 Å². The Morgan fingerprint density at radius 1 is 1.42 bits per heavy atom. The number of amides is 2. The van der Waals surface area contributed by atoms with Gasteiger partial charge in [0.2, 0.25) is 0 Å². The largest absolute Gasteiger partial charge is 0.366 e. The van der Waals surface area contributed by atoms with E-state index in [9.17, 15) is 9.59 Å². The molecule has 0 saturated heterocycles. The Hall–Kier alpha value is -2.19. The molecule has 2 amide bonds. The first-order chi connectivity index (χ1) is 11.4. The van der Waals surface area contributed by atoms with Gasteiger partial charge in [-0.2, -0.15) is 0 Å². The molecule has 0 atom stereocenters. The summed E-state index contributed by atoms with van der Waals surface area (Å²) < 4.78 is 2.58.